The molecule has 1 aromatic rings. The number of carbonyl (C=O) groups is 2. The molecule has 1 aromatic carbocycles. The van der Waals surface area contributed by atoms with Gasteiger partial charge < -0.3 is 29.3 Å². The zero-order valence-electron chi connectivity index (χ0n) is 18.0. The second-order valence-electron chi connectivity index (χ2n) is 7.01. The van der Waals surface area contributed by atoms with E-state index in [2.05, 4.69) is 11.8 Å². The lowest BCUT2D eigenvalue weighted by Gasteiger charge is -2.29. The van der Waals surface area contributed by atoms with Crippen LogP contribution in [0.1, 0.15) is 32.3 Å². The van der Waals surface area contributed by atoms with Crippen molar-refractivity contribution in [1.29, 1.82) is 0 Å². The molecule has 0 aromatic heterocycles. The Hall–Kier alpha value is -2.58. The molecule has 0 atom stereocenters. The summed E-state index contributed by atoms with van der Waals surface area (Å²) in [5.41, 5.74) is 1.11. The molecule has 168 valence electrons. The lowest BCUT2D eigenvalue weighted by molar-refractivity contribution is -0.159. The van der Waals surface area contributed by atoms with E-state index in [1.54, 1.807) is 7.11 Å². The van der Waals surface area contributed by atoms with Crippen LogP contribution >= 0.6 is 0 Å². The number of methoxy groups -OCH3 is 1. The van der Waals surface area contributed by atoms with Crippen LogP contribution in [0, 0.1) is 5.92 Å². The maximum atomic E-state index is 9.10. The average Bonchev–Trinajstić information content (AvgIpc) is 2.73. The van der Waals surface area contributed by atoms with Crippen molar-refractivity contribution in [3.8, 4) is 11.5 Å². The first-order chi connectivity index (χ1) is 14.4. The largest absolute Gasteiger partial charge is 0.493 e. The van der Waals surface area contributed by atoms with Crippen LogP contribution in [0.5, 0.6) is 11.5 Å². The molecule has 1 saturated heterocycles. The van der Waals surface area contributed by atoms with Crippen LogP contribution in [-0.4, -0.2) is 73.6 Å². The summed E-state index contributed by atoms with van der Waals surface area (Å²) >= 11 is 0. The summed E-state index contributed by atoms with van der Waals surface area (Å²) in [6.45, 7) is 9.68. The van der Waals surface area contributed by atoms with Crippen LogP contribution in [0.15, 0.2) is 24.3 Å². The molecule has 8 heteroatoms. The van der Waals surface area contributed by atoms with E-state index in [4.69, 9.17) is 34.0 Å². The molecular formula is C22H33NO7. The number of hydrogen-bond acceptors (Lipinski definition) is 6. The number of likely N-dealkylation sites (tertiary alicyclic amines) is 1. The predicted molar refractivity (Wildman–Crippen MR) is 114 cm³/mol. The molecule has 8 nitrogen and oxygen atoms in total. The number of nitrogens with zero attached hydrogens (tertiary/aromatic N) is 1. The first kappa shape index (κ1) is 25.5. The van der Waals surface area contributed by atoms with E-state index in [9.17, 15) is 0 Å². The Morgan fingerprint density at radius 1 is 1.10 bits per heavy atom. The molecule has 30 heavy (non-hydrogen) atoms. The number of hydrogen-bond donors (Lipinski definition) is 2. The number of allylic oxidation sites excluding steroid dienone is 1. The second kappa shape index (κ2) is 14.4. The Kier molecular flexibility index (Phi) is 12.2. The third kappa shape index (κ3) is 10.3. The van der Waals surface area contributed by atoms with Crippen LogP contribution in [-0.2, 0) is 14.3 Å². The molecule has 1 aliphatic rings. The SMILES string of the molecule is C/C=C/c1ccc(OCCOCCN2CCC(C)CC2)c(OC)c1.O=C(O)C(=O)O. The second-order valence-corrected chi connectivity index (χ2v) is 7.01. The van der Waals surface area contributed by atoms with Crippen LogP contribution in [0.2, 0.25) is 0 Å². The number of aliphatic carboxylic acids is 2. The Bertz CT molecular complexity index is 670. The highest BCUT2D eigenvalue weighted by Crippen LogP contribution is 2.28. The number of piperidine rings is 1. The van der Waals surface area contributed by atoms with Gasteiger partial charge in [0.1, 0.15) is 6.61 Å². The van der Waals surface area contributed by atoms with Gasteiger partial charge in [-0.2, -0.15) is 0 Å². The summed E-state index contributed by atoms with van der Waals surface area (Å²) < 4.78 is 16.9. The normalized spacial score (nSPS) is 14.8. The Labute approximate surface area is 178 Å². The van der Waals surface area contributed by atoms with Crippen molar-refractivity contribution >= 4 is 18.0 Å². The van der Waals surface area contributed by atoms with Crippen molar-refractivity contribution in [1.82, 2.24) is 4.90 Å². The van der Waals surface area contributed by atoms with Crippen LogP contribution in [0.3, 0.4) is 0 Å². The molecular weight excluding hydrogens is 390 g/mol. The highest BCUT2D eigenvalue weighted by molar-refractivity contribution is 6.27. The van der Waals surface area contributed by atoms with Crippen molar-refractivity contribution in [2.24, 2.45) is 5.92 Å². The zero-order chi connectivity index (χ0) is 22.4. The number of carboxylic acids is 2. The summed E-state index contributed by atoms with van der Waals surface area (Å²) in [6.07, 6.45) is 6.67. The number of ether oxygens (including phenoxy) is 3. The van der Waals surface area contributed by atoms with Gasteiger partial charge in [-0.1, -0.05) is 25.1 Å². The van der Waals surface area contributed by atoms with Gasteiger partial charge in [-0.25, -0.2) is 9.59 Å². The first-order valence-electron chi connectivity index (χ1n) is 10.1. The van der Waals surface area contributed by atoms with Gasteiger partial charge in [-0.3, -0.25) is 0 Å². The molecule has 1 heterocycles. The molecule has 0 spiro atoms. The topological polar surface area (TPSA) is 106 Å². The smallest absolute Gasteiger partial charge is 0.414 e. The molecule has 1 fully saturated rings. The van der Waals surface area contributed by atoms with Gasteiger partial charge in [0.15, 0.2) is 11.5 Å². The molecule has 0 radical (unpaired) electrons. The zero-order valence-corrected chi connectivity index (χ0v) is 18.0. The molecule has 1 aliphatic heterocycles. The molecule has 2 rings (SSSR count). The molecule has 2 N–H and O–H groups in total. The van der Waals surface area contributed by atoms with Gasteiger partial charge in [0.05, 0.1) is 20.3 Å². The predicted octanol–water partition coefficient (Wildman–Crippen LogP) is 3.01. The third-order valence-electron chi connectivity index (χ3n) is 4.64. The van der Waals surface area contributed by atoms with E-state index in [0.29, 0.717) is 13.2 Å². The Balaban J connectivity index is 0.000000656. The van der Waals surface area contributed by atoms with E-state index >= 15 is 0 Å². The highest BCUT2D eigenvalue weighted by atomic mass is 16.5. The van der Waals surface area contributed by atoms with Crippen LogP contribution < -0.4 is 9.47 Å². The minimum Gasteiger partial charge on any atom is -0.493 e. The van der Waals surface area contributed by atoms with Gasteiger partial charge in [-0.15, -0.1) is 0 Å². The summed E-state index contributed by atoms with van der Waals surface area (Å²) in [6, 6.07) is 5.95. The molecule has 0 amide bonds. The highest BCUT2D eigenvalue weighted by Gasteiger charge is 2.14. The van der Waals surface area contributed by atoms with Gasteiger partial charge in [-0.05, 0) is 56.5 Å². The lowest BCUT2D eigenvalue weighted by Crippen LogP contribution is -2.35. The number of rotatable bonds is 9. The summed E-state index contributed by atoms with van der Waals surface area (Å²) in [5.74, 6) is -1.25. The van der Waals surface area contributed by atoms with E-state index in [-0.39, 0.29) is 0 Å². The monoisotopic (exact) mass is 423 g/mol. The van der Waals surface area contributed by atoms with Gasteiger partial charge in [0, 0.05) is 6.54 Å². The maximum absolute atomic E-state index is 9.10. The summed E-state index contributed by atoms with van der Waals surface area (Å²) in [7, 11) is 1.66. The van der Waals surface area contributed by atoms with E-state index < -0.39 is 11.9 Å². The van der Waals surface area contributed by atoms with Crippen LogP contribution in [0.4, 0.5) is 0 Å². The third-order valence-corrected chi connectivity index (χ3v) is 4.64. The summed E-state index contributed by atoms with van der Waals surface area (Å²) in [5, 5.41) is 14.8. The van der Waals surface area contributed by atoms with Crippen molar-refractivity contribution in [3.05, 3.63) is 29.8 Å². The van der Waals surface area contributed by atoms with Crippen molar-refractivity contribution in [2.75, 3.05) is 46.6 Å². The fourth-order valence-electron chi connectivity index (χ4n) is 2.89. The minimum absolute atomic E-state index is 0.538. The van der Waals surface area contributed by atoms with Crippen LogP contribution in [0.25, 0.3) is 6.08 Å². The fourth-order valence-corrected chi connectivity index (χ4v) is 2.89. The van der Waals surface area contributed by atoms with Gasteiger partial charge in [0.2, 0.25) is 0 Å². The maximum Gasteiger partial charge on any atom is 0.414 e. The number of benzene rings is 1. The van der Waals surface area contributed by atoms with E-state index in [1.807, 2.05) is 37.3 Å². The quantitative estimate of drug-likeness (QED) is 0.461. The Morgan fingerprint density at radius 2 is 1.77 bits per heavy atom. The first-order valence-corrected chi connectivity index (χ1v) is 10.1. The lowest BCUT2D eigenvalue weighted by atomic mass is 9.99. The summed E-state index contributed by atoms with van der Waals surface area (Å²) in [4.78, 5) is 20.7. The Morgan fingerprint density at radius 3 is 2.33 bits per heavy atom. The molecule has 0 aliphatic carbocycles. The van der Waals surface area contributed by atoms with Crippen molar-refractivity contribution in [2.45, 2.75) is 26.7 Å². The van der Waals surface area contributed by atoms with Gasteiger partial charge in [0.25, 0.3) is 0 Å². The average molecular weight is 424 g/mol. The minimum atomic E-state index is -1.82. The molecule has 0 bridgehead atoms. The van der Waals surface area contributed by atoms with Crippen molar-refractivity contribution in [3.63, 3.8) is 0 Å². The molecule has 0 saturated carbocycles. The standard InChI is InChI=1S/C20H31NO3.C2H2O4/c1-4-5-18-6-7-19(20(16-18)22-3)24-15-14-23-13-12-21-10-8-17(2)9-11-21;3-1(4)2(5)6/h4-7,16-17H,8-15H2,1-3H3;(H,3,4)(H,5,6)/b5-4+;. The van der Waals surface area contributed by atoms with Crippen molar-refractivity contribution < 1.29 is 34.0 Å². The van der Waals surface area contributed by atoms with Gasteiger partial charge >= 0.3 is 11.9 Å². The van der Waals surface area contributed by atoms with E-state index in [1.165, 1.54) is 25.9 Å². The molecule has 0 unspecified atom stereocenters. The fraction of sp³-hybridized carbons (Fsp3) is 0.545. The number of carboxylic acid groups (broad SMARTS) is 2. The van der Waals surface area contributed by atoms with E-state index in [0.717, 1.165) is 36.1 Å².